The first kappa shape index (κ1) is 8.82. The van der Waals surface area contributed by atoms with Gasteiger partial charge in [-0.25, -0.2) is 0 Å². The Kier molecular flexibility index (Phi) is 2.16. The number of hydrogen-bond acceptors (Lipinski definition) is 1. The zero-order valence-electron chi connectivity index (χ0n) is 7.84. The third kappa shape index (κ3) is 1.51. The second-order valence-corrected chi connectivity index (χ2v) is 4.36. The molecule has 0 unspecified atom stereocenters. The molecule has 0 N–H and O–H groups in total. The Hall–Kier alpha value is -0.760. The van der Waals surface area contributed by atoms with Crippen molar-refractivity contribution in [2.75, 3.05) is 19.0 Å². The lowest BCUT2D eigenvalue weighted by molar-refractivity contribution is 1.11. The number of nitrogens with zero attached hydrogens (tertiary/aromatic N) is 1. The molecule has 1 aromatic carbocycles. The van der Waals surface area contributed by atoms with Crippen LogP contribution >= 0.6 is 15.9 Å². The number of benzene rings is 1. The largest absolute Gasteiger partial charge is 0.377 e. The Labute approximate surface area is 87.2 Å². The highest BCUT2D eigenvalue weighted by Crippen LogP contribution is 2.31. The van der Waals surface area contributed by atoms with Crippen LogP contribution in [0.25, 0.3) is 6.08 Å². The molecule has 2 rings (SSSR count). The van der Waals surface area contributed by atoms with E-state index in [2.05, 4.69) is 59.2 Å². The fourth-order valence-electron chi connectivity index (χ4n) is 1.61. The molecule has 2 heteroatoms. The topological polar surface area (TPSA) is 3.24 Å². The van der Waals surface area contributed by atoms with E-state index in [-0.39, 0.29) is 0 Å². The van der Waals surface area contributed by atoms with Crippen molar-refractivity contribution in [3.05, 3.63) is 33.8 Å². The number of hydrogen-bond donors (Lipinski definition) is 0. The van der Waals surface area contributed by atoms with E-state index in [1.54, 1.807) is 0 Å². The van der Waals surface area contributed by atoms with Gasteiger partial charge in [0.2, 0.25) is 0 Å². The third-order valence-corrected chi connectivity index (χ3v) is 2.96. The predicted octanol–water partition coefficient (Wildman–Crippen LogP) is 3.08. The lowest BCUT2D eigenvalue weighted by Crippen LogP contribution is -2.09. The molecule has 1 aliphatic rings. The number of anilines is 1. The first-order chi connectivity index (χ1) is 6.18. The van der Waals surface area contributed by atoms with Crippen LogP contribution in [0.3, 0.4) is 0 Å². The van der Waals surface area contributed by atoms with Gasteiger partial charge < -0.3 is 4.90 Å². The maximum Gasteiger partial charge on any atom is 0.0508 e. The Morgan fingerprint density at radius 1 is 1.31 bits per heavy atom. The van der Waals surface area contributed by atoms with Gasteiger partial charge in [-0.2, -0.15) is 0 Å². The van der Waals surface area contributed by atoms with Crippen LogP contribution in [0.5, 0.6) is 0 Å². The van der Waals surface area contributed by atoms with E-state index in [1.165, 1.54) is 21.3 Å². The van der Waals surface area contributed by atoms with Gasteiger partial charge in [0.1, 0.15) is 0 Å². The molecule has 0 amide bonds. The first-order valence-corrected chi connectivity index (χ1v) is 5.14. The third-order valence-electron chi connectivity index (χ3n) is 2.33. The molecule has 1 aliphatic carbocycles. The summed E-state index contributed by atoms with van der Waals surface area (Å²) in [5.41, 5.74) is 4.02. The van der Waals surface area contributed by atoms with Crippen LogP contribution in [0.2, 0.25) is 0 Å². The summed E-state index contributed by atoms with van der Waals surface area (Å²) in [6.07, 6.45) is 5.46. The van der Waals surface area contributed by atoms with E-state index < -0.39 is 0 Å². The summed E-state index contributed by atoms with van der Waals surface area (Å²) in [4.78, 5) is 2.13. The number of allylic oxidation sites excluding steroid dienone is 1. The van der Waals surface area contributed by atoms with Gasteiger partial charge in [-0.1, -0.05) is 12.2 Å². The molecule has 0 bridgehead atoms. The minimum Gasteiger partial charge on any atom is -0.377 e. The normalized spacial score (nSPS) is 13.2. The fraction of sp³-hybridized carbons (Fsp3) is 0.273. The van der Waals surface area contributed by atoms with E-state index in [4.69, 9.17) is 0 Å². The highest BCUT2D eigenvalue weighted by atomic mass is 79.9. The molecule has 0 aromatic heterocycles. The van der Waals surface area contributed by atoms with E-state index in [0.29, 0.717) is 0 Å². The highest BCUT2D eigenvalue weighted by molar-refractivity contribution is 9.10. The van der Waals surface area contributed by atoms with Gasteiger partial charge >= 0.3 is 0 Å². The SMILES string of the molecule is CN(C)c1cc2c(cc1Br)C=CC2. The van der Waals surface area contributed by atoms with Crippen molar-refractivity contribution < 1.29 is 0 Å². The lowest BCUT2D eigenvalue weighted by Gasteiger charge is -2.16. The smallest absolute Gasteiger partial charge is 0.0508 e. The monoisotopic (exact) mass is 237 g/mol. The summed E-state index contributed by atoms with van der Waals surface area (Å²) in [7, 11) is 4.13. The molecule has 0 saturated carbocycles. The van der Waals surface area contributed by atoms with Crippen LogP contribution in [-0.4, -0.2) is 14.1 Å². The summed E-state index contributed by atoms with van der Waals surface area (Å²) >= 11 is 3.57. The molecule has 0 aliphatic heterocycles. The lowest BCUT2D eigenvalue weighted by atomic mass is 10.1. The molecule has 13 heavy (non-hydrogen) atoms. The first-order valence-electron chi connectivity index (χ1n) is 4.35. The molecule has 0 radical (unpaired) electrons. The highest BCUT2D eigenvalue weighted by Gasteiger charge is 2.10. The summed E-state index contributed by atoms with van der Waals surface area (Å²) in [6, 6.07) is 4.44. The van der Waals surface area contributed by atoms with Crippen molar-refractivity contribution in [2.24, 2.45) is 0 Å². The Morgan fingerprint density at radius 3 is 2.77 bits per heavy atom. The molecule has 0 atom stereocenters. The van der Waals surface area contributed by atoms with Gasteiger partial charge in [-0.05, 0) is 45.6 Å². The molecule has 0 fully saturated rings. The van der Waals surface area contributed by atoms with Crippen LogP contribution in [-0.2, 0) is 6.42 Å². The molecule has 1 nitrogen and oxygen atoms in total. The van der Waals surface area contributed by atoms with E-state index in [1.807, 2.05) is 0 Å². The van der Waals surface area contributed by atoms with E-state index in [9.17, 15) is 0 Å². The second-order valence-electron chi connectivity index (χ2n) is 3.50. The molecule has 1 aromatic rings. The van der Waals surface area contributed by atoms with Crippen molar-refractivity contribution in [2.45, 2.75) is 6.42 Å². The van der Waals surface area contributed by atoms with Crippen molar-refractivity contribution in [3.8, 4) is 0 Å². The second kappa shape index (κ2) is 3.18. The zero-order chi connectivity index (χ0) is 9.42. The Morgan fingerprint density at radius 2 is 2.08 bits per heavy atom. The van der Waals surface area contributed by atoms with Crippen molar-refractivity contribution in [1.82, 2.24) is 0 Å². The van der Waals surface area contributed by atoms with Gasteiger partial charge in [0.25, 0.3) is 0 Å². The van der Waals surface area contributed by atoms with Crippen molar-refractivity contribution in [1.29, 1.82) is 0 Å². The molecular weight excluding hydrogens is 226 g/mol. The predicted molar refractivity (Wildman–Crippen MR) is 61.2 cm³/mol. The molecule has 68 valence electrons. The van der Waals surface area contributed by atoms with Crippen LogP contribution in [0, 0.1) is 0 Å². The quantitative estimate of drug-likeness (QED) is 0.726. The number of rotatable bonds is 1. The fourth-order valence-corrected chi connectivity index (χ4v) is 2.32. The minimum atomic E-state index is 1.07. The zero-order valence-corrected chi connectivity index (χ0v) is 9.43. The summed E-state index contributed by atoms with van der Waals surface area (Å²) in [5.74, 6) is 0. The Balaban J connectivity index is 2.53. The minimum absolute atomic E-state index is 1.07. The van der Waals surface area contributed by atoms with E-state index in [0.717, 1.165) is 6.42 Å². The summed E-state index contributed by atoms with van der Waals surface area (Å²) in [6.45, 7) is 0. The summed E-state index contributed by atoms with van der Waals surface area (Å²) in [5, 5.41) is 0. The summed E-state index contributed by atoms with van der Waals surface area (Å²) < 4.78 is 1.17. The van der Waals surface area contributed by atoms with Crippen molar-refractivity contribution >= 4 is 27.7 Å². The van der Waals surface area contributed by atoms with Crippen LogP contribution in [0.15, 0.2) is 22.7 Å². The van der Waals surface area contributed by atoms with Crippen LogP contribution in [0.1, 0.15) is 11.1 Å². The average Bonchev–Trinajstić information content (AvgIpc) is 2.48. The van der Waals surface area contributed by atoms with Gasteiger partial charge in [0, 0.05) is 18.6 Å². The number of halogens is 1. The average molecular weight is 238 g/mol. The molecular formula is C11H12BrN. The Bertz CT molecular complexity index is 367. The maximum atomic E-state index is 3.57. The van der Waals surface area contributed by atoms with Crippen molar-refractivity contribution in [3.63, 3.8) is 0 Å². The molecule has 0 heterocycles. The maximum absolute atomic E-state index is 3.57. The van der Waals surface area contributed by atoms with Gasteiger partial charge in [-0.3, -0.25) is 0 Å². The van der Waals surface area contributed by atoms with Crippen LogP contribution < -0.4 is 4.90 Å². The van der Waals surface area contributed by atoms with Gasteiger partial charge in [0.05, 0.1) is 5.69 Å². The van der Waals surface area contributed by atoms with Gasteiger partial charge in [-0.15, -0.1) is 0 Å². The van der Waals surface area contributed by atoms with E-state index >= 15 is 0 Å². The number of fused-ring (bicyclic) bond motifs is 1. The molecule has 0 spiro atoms. The standard InChI is InChI=1S/C11H12BrN/c1-13(2)11-7-9-5-3-4-8(9)6-10(11)12/h3-4,6-7H,5H2,1-2H3. The van der Waals surface area contributed by atoms with Crippen LogP contribution in [0.4, 0.5) is 5.69 Å². The van der Waals surface area contributed by atoms with Gasteiger partial charge in [0.15, 0.2) is 0 Å². The molecule has 0 saturated heterocycles.